The highest BCUT2D eigenvalue weighted by Gasteiger charge is 2.26. The van der Waals surface area contributed by atoms with E-state index in [4.69, 9.17) is 0 Å². The van der Waals surface area contributed by atoms with E-state index in [1.807, 2.05) is 0 Å². The molecule has 0 aromatic carbocycles. The summed E-state index contributed by atoms with van der Waals surface area (Å²) in [6.07, 6.45) is 2.85. The van der Waals surface area contributed by atoms with Gasteiger partial charge >= 0.3 is 0 Å². The second-order valence-electron chi connectivity index (χ2n) is 4.16. The van der Waals surface area contributed by atoms with Crippen molar-refractivity contribution in [3.05, 3.63) is 0 Å². The molecule has 3 heteroatoms. The number of nitrogens with zero attached hydrogens (tertiary/aromatic N) is 1. The van der Waals surface area contributed by atoms with E-state index in [0.717, 1.165) is 12.1 Å². The summed E-state index contributed by atoms with van der Waals surface area (Å²) in [6, 6.07) is 1.62. The van der Waals surface area contributed by atoms with Gasteiger partial charge in [0.1, 0.15) is 0 Å². The first-order chi connectivity index (χ1) is 6.38. The van der Waals surface area contributed by atoms with Crippen LogP contribution in [-0.4, -0.2) is 48.1 Å². The van der Waals surface area contributed by atoms with Crippen molar-refractivity contribution in [1.29, 1.82) is 0 Å². The minimum Gasteiger partial charge on any atom is -0.314 e. The highest BCUT2D eigenvalue weighted by atomic mass is 32.2. The Morgan fingerprint density at radius 3 is 3.08 bits per heavy atom. The average Bonchev–Trinajstić information content (AvgIpc) is 2.20. The van der Waals surface area contributed by atoms with Crippen molar-refractivity contribution in [3.63, 3.8) is 0 Å². The summed E-state index contributed by atoms with van der Waals surface area (Å²) in [6.45, 7) is 5.98. The van der Waals surface area contributed by atoms with Crippen LogP contribution in [-0.2, 0) is 0 Å². The minimum absolute atomic E-state index is 0.748. The van der Waals surface area contributed by atoms with Gasteiger partial charge in [-0.1, -0.05) is 0 Å². The molecule has 2 rings (SSSR count). The molecule has 2 heterocycles. The van der Waals surface area contributed by atoms with Crippen LogP contribution in [0.15, 0.2) is 0 Å². The normalized spacial score (nSPS) is 37.6. The second kappa shape index (κ2) is 4.67. The number of nitrogens with one attached hydrogen (secondary N) is 1. The van der Waals surface area contributed by atoms with E-state index in [0.29, 0.717) is 0 Å². The maximum absolute atomic E-state index is 3.46. The lowest BCUT2D eigenvalue weighted by Gasteiger charge is -2.41. The van der Waals surface area contributed by atoms with E-state index >= 15 is 0 Å². The molecule has 2 nitrogen and oxygen atoms in total. The number of hydrogen-bond acceptors (Lipinski definition) is 3. The predicted octanol–water partition coefficient (Wildman–Crippen LogP) is 1.18. The predicted molar refractivity (Wildman–Crippen MR) is 59.4 cm³/mol. The van der Waals surface area contributed by atoms with Crippen molar-refractivity contribution >= 4 is 11.8 Å². The number of rotatable bonds is 1. The van der Waals surface area contributed by atoms with E-state index in [1.54, 1.807) is 0 Å². The molecule has 2 aliphatic heterocycles. The maximum atomic E-state index is 3.46. The minimum atomic E-state index is 0.748. The number of piperazine rings is 1. The van der Waals surface area contributed by atoms with Crippen molar-refractivity contribution in [2.24, 2.45) is 0 Å². The molecule has 0 aromatic rings. The van der Waals surface area contributed by atoms with Crippen LogP contribution in [0.1, 0.15) is 19.8 Å². The molecular weight excluding hydrogens is 180 g/mol. The fourth-order valence-electron chi connectivity index (χ4n) is 2.38. The molecule has 2 aliphatic rings. The third kappa shape index (κ3) is 2.39. The van der Waals surface area contributed by atoms with Crippen LogP contribution in [0, 0.1) is 0 Å². The van der Waals surface area contributed by atoms with Gasteiger partial charge in [-0.2, -0.15) is 11.8 Å². The van der Waals surface area contributed by atoms with Crippen molar-refractivity contribution in [1.82, 2.24) is 10.2 Å². The van der Waals surface area contributed by atoms with Gasteiger partial charge < -0.3 is 5.32 Å². The zero-order valence-electron chi connectivity index (χ0n) is 8.46. The van der Waals surface area contributed by atoms with E-state index in [1.165, 1.54) is 44.0 Å². The number of thioether (sulfide) groups is 1. The molecule has 1 unspecified atom stereocenters. The lowest BCUT2D eigenvalue weighted by atomic mass is 10.1. The van der Waals surface area contributed by atoms with E-state index in [9.17, 15) is 0 Å². The second-order valence-corrected chi connectivity index (χ2v) is 5.31. The lowest BCUT2D eigenvalue weighted by Crippen LogP contribution is -2.55. The Kier molecular flexibility index (Phi) is 3.52. The molecule has 76 valence electrons. The van der Waals surface area contributed by atoms with Gasteiger partial charge in [0.25, 0.3) is 0 Å². The summed E-state index contributed by atoms with van der Waals surface area (Å²) in [7, 11) is 0. The lowest BCUT2D eigenvalue weighted by molar-refractivity contribution is 0.121. The Morgan fingerprint density at radius 1 is 1.46 bits per heavy atom. The molecule has 0 aromatic heterocycles. The Bertz CT molecular complexity index is 157. The summed E-state index contributed by atoms with van der Waals surface area (Å²) >= 11 is 2.14. The first-order valence-electron chi connectivity index (χ1n) is 5.42. The largest absolute Gasteiger partial charge is 0.314 e. The third-order valence-corrected chi connectivity index (χ3v) is 4.36. The molecule has 2 atom stereocenters. The summed E-state index contributed by atoms with van der Waals surface area (Å²) in [4.78, 5) is 2.71. The summed E-state index contributed by atoms with van der Waals surface area (Å²) < 4.78 is 0. The molecular formula is C10H20N2S. The van der Waals surface area contributed by atoms with Gasteiger partial charge in [-0.15, -0.1) is 0 Å². The molecule has 0 amide bonds. The van der Waals surface area contributed by atoms with E-state index in [-0.39, 0.29) is 0 Å². The van der Waals surface area contributed by atoms with E-state index < -0.39 is 0 Å². The average molecular weight is 200 g/mol. The molecule has 0 radical (unpaired) electrons. The Morgan fingerprint density at radius 2 is 2.38 bits per heavy atom. The van der Waals surface area contributed by atoms with Crippen molar-refractivity contribution < 1.29 is 0 Å². The monoisotopic (exact) mass is 200 g/mol. The first-order valence-corrected chi connectivity index (χ1v) is 6.57. The molecule has 0 bridgehead atoms. The van der Waals surface area contributed by atoms with Crippen molar-refractivity contribution in [2.45, 2.75) is 31.8 Å². The Balaban J connectivity index is 1.88. The highest BCUT2D eigenvalue weighted by molar-refractivity contribution is 7.99. The number of hydrogen-bond donors (Lipinski definition) is 1. The van der Waals surface area contributed by atoms with Gasteiger partial charge in [-0.25, -0.2) is 0 Å². The smallest absolute Gasteiger partial charge is 0.0196 e. The molecule has 1 N–H and O–H groups in total. The molecule has 0 spiro atoms. The van der Waals surface area contributed by atoms with Gasteiger partial charge in [-0.3, -0.25) is 4.90 Å². The van der Waals surface area contributed by atoms with E-state index in [2.05, 4.69) is 28.9 Å². The quantitative estimate of drug-likeness (QED) is 0.684. The third-order valence-electron chi connectivity index (χ3n) is 3.16. The Labute approximate surface area is 85.4 Å². The topological polar surface area (TPSA) is 15.3 Å². The molecule has 0 aliphatic carbocycles. The van der Waals surface area contributed by atoms with Gasteiger partial charge in [0.05, 0.1) is 0 Å². The molecule has 0 saturated carbocycles. The van der Waals surface area contributed by atoms with Gasteiger partial charge in [0.2, 0.25) is 0 Å². The highest BCUT2D eigenvalue weighted by Crippen LogP contribution is 2.23. The fraction of sp³-hybridized carbons (Fsp3) is 1.00. The van der Waals surface area contributed by atoms with Crippen LogP contribution < -0.4 is 5.32 Å². The van der Waals surface area contributed by atoms with Crippen molar-refractivity contribution in [3.8, 4) is 0 Å². The zero-order chi connectivity index (χ0) is 9.10. The summed E-state index contributed by atoms with van der Waals surface area (Å²) in [5, 5.41) is 3.46. The van der Waals surface area contributed by atoms with Crippen LogP contribution in [0.25, 0.3) is 0 Å². The summed E-state index contributed by atoms with van der Waals surface area (Å²) in [5.74, 6) is 2.75. The van der Waals surface area contributed by atoms with Gasteiger partial charge in [0.15, 0.2) is 0 Å². The fourth-order valence-corrected chi connectivity index (χ4v) is 3.55. The SMILES string of the molecule is C[C@H]1CNCCN1C1CCCSC1. The van der Waals surface area contributed by atoms with Crippen molar-refractivity contribution in [2.75, 3.05) is 31.1 Å². The van der Waals surface area contributed by atoms with Crippen LogP contribution in [0.2, 0.25) is 0 Å². The standard InChI is InChI=1S/C10H20N2S/c1-9-7-11-4-5-12(9)10-3-2-6-13-8-10/h9-11H,2-8H2,1H3/t9-,10?/m0/s1. The first kappa shape index (κ1) is 9.81. The molecule has 2 fully saturated rings. The summed E-state index contributed by atoms with van der Waals surface area (Å²) in [5.41, 5.74) is 0. The maximum Gasteiger partial charge on any atom is 0.0196 e. The van der Waals surface area contributed by atoms with Crippen LogP contribution >= 0.6 is 11.8 Å². The Hall–Kier alpha value is 0.270. The van der Waals surface area contributed by atoms with Gasteiger partial charge in [-0.05, 0) is 25.5 Å². The molecule has 2 saturated heterocycles. The van der Waals surface area contributed by atoms with Crippen LogP contribution in [0.4, 0.5) is 0 Å². The molecule has 13 heavy (non-hydrogen) atoms. The zero-order valence-corrected chi connectivity index (χ0v) is 9.28. The van der Waals surface area contributed by atoms with Crippen LogP contribution in [0.3, 0.4) is 0 Å². The van der Waals surface area contributed by atoms with Gasteiger partial charge in [0, 0.05) is 37.5 Å². The van der Waals surface area contributed by atoms with Crippen LogP contribution in [0.5, 0.6) is 0 Å².